The minimum atomic E-state index is -1.13. The topological polar surface area (TPSA) is 111 Å². The first kappa shape index (κ1) is 14.7. The molecule has 1 aliphatic rings. The second kappa shape index (κ2) is 6.19. The molecule has 20 heavy (non-hydrogen) atoms. The number of hydrogen-bond donors (Lipinski definition) is 5. The summed E-state index contributed by atoms with van der Waals surface area (Å²) in [6.07, 6.45) is -3.85. The lowest BCUT2D eigenvalue weighted by molar-refractivity contribution is -0.114. The van der Waals surface area contributed by atoms with Crippen molar-refractivity contribution in [1.82, 2.24) is 0 Å². The molecule has 1 aliphatic heterocycles. The highest BCUT2D eigenvalue weighted by Crippen LogP contribution is 2.23. The summed E-state index contributed by atoms with van der Waals surface area (Å²) in [5, 5.41) is 34.0. The smallest absolute Gasteiger partial charge is 0.221 e. The molecule has 0 spiro atoms. The first-order valence-electron chi connectivity index (χ1n) is 6.28. The van der Waals surface area contributed by atoms with Crippen LogP contribution in [0.1, 0.15) is 6.92 Å². The van der Waals surface area contributed by atoms with Crippen LogP contribution in [0.3, 0.4) is 0 Å². The zero-order valence-corrected chi connectivity index (χ0v) is 11.0. The van der Waals surface area contributed by atoms with Gasteiger partial charge in [-0.2, -0.15) is 0 Å². The van der Waals surface area contributed by atoms with Crippen LogP contribution in [-0.4, -0.2) is 52.4 Å². The van der Waals surface area contributed by atoms with Gasteiger partial charge >= 0.3 is 0 Å². The van der Waals surface area contributed by atoms with Crippen LogP contribution >= 0.6 is 0 Å². The molecule has 0 radical (unpaired) electrons. The van der Waals surface area contributed by atoms with Gasteiger partial charge in [0.05, 0.1) is 6.61 Å². The van der Waals surface area contributed by atoms with Crippen LogP contribution in [0.25, 0.3) is 0 Å². The summed E-state index contributed by atoms with van der Waals surface area (Å²) in [6.45, 7) is 1.06. The molecule has 110 valence electrons. The van der Waals surface area contributed by atoms with E-state index in [0.29, 0.717) is 11.4 Å². The van der Waals surface area contributed by atoms with Crippen molar-refractivity contribution in [3.63, 3.8) is 0 Å². The average molecular weight is 282 g/mol. The van der Waals surface area contributed by atoms with Crippen molar-refractivity contribution in [2.24, 2.45) is 0 Å². The Hall–Kier alpha value is -1.67. The normalized spacial score (nSPS) is 29.2. The van der Waals surface area contributed by atoms with Gasteiger partial charge in [-0.3, -0.25) is 4.79 Å². The fraction of sp³-hybridized carbons (Fsp3) is 0.462. The minimum absolute atomic E-state index is 0.158. The Kier molecular flexibility index (Phi) is 4.56. The van der Waals surface area contributed by atoms with Crippen molar-refractivity contribution in [3.05, 3.63) is 24.3 Å². The van der Waals surface area contributed by atoms with Gasteiger partial charge in [0.15, 0.2) is 6.23 Å². The summed E-state index contributed by atoms with van der Waals surface area (Å²) in [5.74, 6) is -0.158. The van der Waals surface area contributed by atoms with E-state index in [-0.39, 0.29) is 12.5 Å². The Labute approximate surface area is 116 Å². The zero-order valence-electron chi connectivity index (χ0n) is 11.0. The Morgan fingerprint density at radius 1 is 1.20 bits per heavy atom. The Morgan fingerprint density at radius 3 is 2.30 bits per heavy atom. The highest BCUT2D eigenvalue weighted by atomic mass is 16.6. The van der Waals surface area contributed by atoms with E-state index in [1.54, 1.807) is 24.3 Å². The van der Waals surface area contributed by atoms with Crippen LogP contribution in [0.5, 0.6) is 0 Å². The van der Waals surface area contributed by atoms with E-state index in [2.05, 4.69) is 10.6 Å². The number of hydrogen-bond acceptors (Lipinski definition) is 6. The third-order valence-corrected chi connectivity index (χ3v) is 3.06. The quantitative estimate of drug-likeness (QED) is 0.509. The molecule has 0 saturated carbocycles. The van der Waals surface area contributed by atoms with Crippen molar-refractivity contribution in [1.29, 1.82) is 0 Å². The lowest BCUT2D eigenvalue weighted by Gasteiger charge is -2.17. The molecule has 1 aromatic rings. The standard InChI is InChI=1S/C13H18N2O5/c1-7(17)14-8-2-4-9(5-3-8)15-13-12(19)11(18)10(6-16)20-13/h2-5,10-13,15-16,18-19H,6H2,1H3,(H,14,17)/t10-,11+,12-,13+/m0/s1. The molecular weight excluding hydrogens is 264 g/mol. The highest BCUT2D eigenvalue weighted by molar-refractivity contribution is 5.88. The van der Waals surface area contributed by atoms with Crippen LogP contribution in [0, 0.1) is 0 Å². The average Bonchev–Trinajstić information content (AvgIpc) is 2.68. The number of rotatable bonds is 4. The fourth-order valence-corrected chi connectivity index (χ4v) is 2.04. The monoisotopic (exact) mass is 282 g/mol. The van der Waals surface area contributed by atoms with E-state index in [9.17, 15) is 15.0 Å². The van der Waals surface area contributed by atoms with E-state index in [0.717, 1.165) is 0 Å². The summed E-state index contributed by atoms with van der Waals surface area (Å²) in [5.41, 5.74) is 1.32. The number of carbonyl (C=O) groups excluding carboxylic acids is 1. The lowest BCUT2D eigenvalue weighted by atomic mass is 10.1. The summed E-state index contributed by atoms with van der Waals surface area (Å²) in [7, 11) is 0. The molecule has 2 rings (SSSR count). The number of aliphatic hydroxyl groups excluding tert-OH is 3. The molecule has 1 saturated heterocycles. The van der Waals surface area contributed by atoms with E-state index in [4.69, 9.17) is 9.84 Å². The van der Waals surface area contributed by atoms with E-state index in [1.165, 1.54) is 6.92 Å². The Morgan fingerprint density at radius 2 is 1.80 bits per heavy atom. The molecule has 0 aromatic heterocycles. The van der Waals surface area contributed by atoms with Gasteiger partial charge in [0.25, 0.3) is 0 Å². The van der Waals surface area contributed by atoms with E-state index >= 15 is 0 Å². The number of amides is 1. The molecule has 1 amide bonds. The van der Waals surface area contributed by atoms with Gasteiger partial charge in [-0.15, -0.1) is 0 Å². The molecule has 7 nitrogen and oxygen atoms in total. The summed E-state index contributed by atoms with van der Waals surface area (Å²) < 4.78 is 5.30. The molecule has 0 aliphatic carbocycles. The SMILES string of the molecule is CC(=O)Nc1ccc(N[C@@H]2O[C@@H](CO)[C@@H](O)[C@@H]2O)cc1. The molecule has 0 unspecified atom stereocenters. The minimum Gasteiger partial charge on any atom is -0.394 e. The Bertz CT molecular complexity index is 464. The first-order chi connectivity index (χ1) is 9.51. The van der Waals surface area contributed by atoms with Crippen LogP contribution in [0.4, 0.5) is 11.4 Å². The number of nitrogens with one attached hydrogen (secondary N) is 2. The van der Waals surface area contributed by atoms with E-state index < -0.39 is 24.5 Å². The molecule has 7 heteroatoms. The molecule has 1 heterocycles. The highest BCUT2D eigenvalue weighted by Gasteiger charge is 2.42. The fourth-order valence-electron chi connectivity index (χ4n) is 2.04. The van der Waals surface area contributed by atoms with Crippen molar-refractivity contribution in [3.8, 4) is 0 Å². The number of aliphatic hydroxyl groups is 3. The van der Waals surface area contributed by atoms with Crippen LogP contribution in [0.2, 0.25) is 0 Å². The van der Waals surface area contributed by atoms with Gasteiger partial charge < -0.3 is 30.7 Å². The van der Waals surface area contributed by atoms with Crippen LogP contribution in [-0.2, 0) is 9.53 Å². The summed E-state index contributed by atoms with van der Waals surface area (Å²) in [6, 6.07) is 6.82. The summed E-state index contributed by atoms with van der Waals surface area (Å²) >= 11 is 0. The molecule has 1 fully saturated rings. The molecule has 1 aromatic carbocycles. The second-order valence-corrected chi connectivity index (χ2v) is 4.66. The number of carbonyl (C=O) groups is 1. The maximum atomic E-state index is 10.9. The zero-order chi connectivity index (χ0) is 14.7. The van der Waals surface area contributed by atoms with E-state index in [1.807, 2.05) is 0 Å². The maximum absolute atomic E-state index is 10.9. The molecule has 5 N–H and O–H groups in total. The van der Waals surface area contributed by atoms with Gasteiger partial charge in [0.1, 0.15) is 18.3 Å². The van der Waals surface area contributed by atoms with Crippen molar-refractivity contribution in [2.75, 3.05) is 17.2 Å². The number of ether oxygens (including phenoxy) is 1. The predicted molar refractivity (Wildman–Crippen MR) is 72.1 cm³/mol. The Balaban J connectivity index is 1.98. The predicted octanol–water partition coefficient (Wildman–Crippen LogP) is -0.504. The largest absolute Gasteiger partial charge is 0.394 e. The first-order valence-corrected chi connectivity index (χ1v) is 6.28. The van der Waals surface area contributed by atoms with Gasteiger partial charge in [-0.05, 0) is 24.3 Å². The van der Waals surface area contributed by atoms with Gasteiger partial charge in [0.2, 0.25) is 5.91 Å². The van der Waals surface area contributed by atoms with Crippen molar-refractivity contribution >= 4 is 17.3 Å². The van der Waals surface area contributed by atoms with Crippen LogP contribution in [0.15, 0.2) is 24.3 Å². The molecule has 0 bridgehead atoms. The third-order valence-electron chi connectivity index (χ3n) is 3.06. The number of benzene rings is 1. The van der Waals surface area contributed by atoms with Gasteiger partial charge in [-0.1, -0.05) is 0 Å². The van der Waals surface area contributed by atoms with Crippen LogP contribution < -0.4 is 10.6 Å². The lowest BCUT2D eigenvalue weighted by Crippen LogP contribution is -2.36. The second-order valence-electron chi connectivity index (χ2n) is 4.66. The van der Waals surface area contributed by atoms with Gasteiger partial charge in [0, 0.05) is 18.3 Å². The maximum Gasteiger partial charge on any atom is 0.221 e. The third kappa shape index (κ3) is 3.26. The molecular formula is C13H18N2O5. The number of anilines is 2. The van der Waals surface area contributed by atoms with Crippen molar-refractivity contribution in [2.45, 2.75) is 31.5 Å². The summed E-state index contributed by atoms with van der Waals surface area (Å²) in [4.78, 5) is 10.9. The molecule has 4 atom stereocenters. The van der Waals surface area contributed by atoms with Crippen molar-refractivity contribution < 1.29 is 24.9 Å². The van der Waals surface area contributed by atoms with Gasteiger partial charge in [-0.25, -0.2) is 0 Å².